The molecular formula is C14H23N7. The largest absolute Gasteiger partial charge is 0.354 e. The molecule has 1 fully saturated rings. The lowest BCUT2D eigenvalue weighted by Crippen LogP contribution is -2.45. The molecule has 1 atom stereocenters. The Labute approximate surface area is 124 Å². The Morgan fingerprint density at radius 2 is 2.29 bits per heavy atom. The van der Waals surface area contributed by atoms with Crippen molar-refractivity contribution in [2.24, 2.45) is 0 Å². The van der Waals surface area contributed by atoms with Gasteiger partial charge in [0.2, 0.25) is 5.95 Å². The molecule has 0 aliphatic carbocycles. The van der Waals surface area contributed by atoms with Crippen LogP contribution in [0.25, 0.3) is 11.0 Å². The Morgan fingerprint density at radius 1 is 1.43 bits per heavy atom. The van der Waals surface area contributed by atoms with Gasteiger partial charge in [0.05, 0.1) is 11.6 Å². The monoisotopic (exact) mass is 289 g/mol. The van der Waals surface area contributed by atoms with Crippen molar-refractivity contribution in [2.75, 3.05) is 43.9 Å². The van der Waals surface area contributed by atoms with E-state index in [0.29, 0.717) is 12.0 Å². The molecule has 21 heavy (non-hydrogen) atoms. The van der Waals surface area contributed by atoms with Gasteiger partial charge in [0.15, 0.2) is 5.65 Å². The van der Waals surface area contributed by atoms with Crippen LogP contribution in [-0.4, -0.2) is 64.8 Å². The molecule has 114 valence electrons. The third-order valence-electron chi connectivity index (χ3n) is 4.05. The van der Waals surface area contributed by atoms with Crippen LogP contribution in [0.5, 0.6) is 0 Å². The Balaban J connectivity index is 1.96. The molecule has 2 aromatic heterocycles. The number of anilines is 2. The fourth-order valence-electron chi connectivity index (χ4n) is 2.87. The molecule has 7 heteroatoms. The minimum atomic E-state index is 0.568. The number of piperidine rings is 1. The third kappa shape index (κ3) is 2.78. The van der Waals surface area contributed by atoms with Crippen molar-refractivity contribution < 1.29 is 0 Å². The maximum absolute atomic E-state index is 4.71. The summed E-state index contributed by atoms with van der Waals surface area (Å²) >= 11 is 0. The van der Waals surface area contributed by atoms with E-state index in [1.807, 2.05) is 13.1 Å². The molecule has 0 radical (unpaired) electrons. The third-order valence-corrected chi connectivity index (χ3v) is 4.05. The van der Waals surface area contributed by atoms with Crippen LogP contribution in [0.4, 0.5) is 11.8 Å². The molecule has 0 aromatic carbocycles. The van der Waals surface area contributed by atoms with Gasteiger partial charge in [0.25, 0.3) is 0 Å². The van der Waals surface area contributed by atoms with Gasteiger partial charge in [-0.1, -0.05) is 0 Å². The Hall–Kier alpha value is -1.89. The highest BCUT2D eigenvalue weighted by Gasteiger charge is 2.24. The van der Waals surface area contributed by atoms with Gasteiger partial charge in [-0.15, -0.1) is 0 Å². The fourth-order valence-corrected chi connectivity index (χ4v) is 2.87. The maximum Gasteiger partial charge on any atom is 0.226 e. The highest BCUT2D eigenvalue weighted by atomic mass is 15.3. The van der Waals surface area contributed by atoms with E-state index < -0.39 is 0 Å². The molecule has 1 aliphatic heterocycles. The highest BCUT2D eigenvalue weighted by molar-refractivity contribution is 5.87. The number of aromatic amines is 1. The molecule has 2 N–H and O–H groups in total. The molecule has 0 saturated carbocycles. The van der Waals surface area contributed by atoms with E-state index >= 15 is 0 Å². The van der Waals surface area contributed by atoms with E-state index in [1.165, 1.54) is 12.8 Å². The van der Waals surface area contributed by atoms with Crippen molar-refractivity contribution in [2.45, 2.75) is 25.8 Å². The molecule has 0 amide bonds. The van der Waals surface area contributed by atoms with E-state index in [-0.39, 0.29) is 0 Å². The molecule has 0 spiro atoms. The maximum atomic E-state index is 4.71. The zero-order chi connectivity index (χ0) is 14.8. The second-order valence-corrected chi connectivity index (χ2v) is 5.74. The average Bonchev–Trinajstić information content (AvgIpc) is 2.95. The summed E-state index contributed by atoms with van der Waals surface area (Å²) in [6, 6.07) is 0.568. The molecule has 1 unspecified atom stereocenters. The second-order valence-electron chi connectivity index (χ2n) is 5.74. The van der Waals surface area contributed by atoms with Gasteiger partial charge in [0, 0.05) is 25.7 Å². The first-order valence-corrected chi connectivity index (χ1v) is 7.55. The van der Waals surface area contributed by atoms with Gasteiger partial charge in [-0.25, -0.2) is 0 Å². The van der Waals surface area contributed by atoms with E-state index in [2.05, 4.69) is 44.4 Å². The van der Waals surface area contributed by atoms with Crippen LogP contribution < -0.4 is 10.2 Å². The fraction of sp³-hybridized carbons (Fsp3) is 0.643. The van der Waals surface area contributed by atoms with E-state index in [1.54, 1.807) is 0 Å². The van der Waals surface area contributed by atoms with Gasteiger partial charge >= 0.3 is 0 Å². The van der Waals surface area contributed by atoms with Crippen LogP contribution in [0.1, 0.15) is 19.8 Å². The van der Waals surface area contributed by atoms with E-state index in [9.17, 15) is 0 Å². The normalized spacial score (nSPS) is 19.4. The smallest absolute Gasteiger partial charge is 0.226 e. The summed E-state index contributed by atoms with van der Waals surface area (Å²) in [5, 5.41) is 11.3. The number of nitrogens with zero attached hydrogens (tertiary/aromatic N) is 5. The van der Waals surface area contributed by atoms with Crippen LogP contribution in [0.15, 0.2) is 6.20 Å². The molecule has 3 heterocycles. The van der Waals surface area contributed by atoms with Crippen LogP contribution in [0.3, 0.4) is 0 Å². The van der Waals surface area contributed by atoms with E-state index in [0.717, 1.165) is 36.5 Å². The number of H-pyrrole nitrogens is 1. The number of likely N-dealkylation sites (N-methyl/N-ethyl adjacent to an activating group) is 1. The highest BCUT2D eigenvalue weighted by Crippen LogP contribution is 2.27. The summed E-state index contributed by atoms with van der Waals surface area (Å²) in [4.78, 5) is 13.8. The number of nitrogens with one attached hydrogen (secondary N) is 2. The Kier molecular flexibility index (Phi) is 3.92. The summed E-state index contributed by atoms with van der Waals surface area (Å²) < 4.78 is 0. The first-order chi connectivity index (χ1) is 10.2. The quantitative estimate of drug-likeness (QED) is 0.884. The zero-order valence-corrected chi connectivity index (χ0v) is 12.9. The first kappa shape index (κ1) is 14.1. The van der Waals surface area contributed by atoms with Gasteiger partial charge in [-0.3, -0.25) is 5.10 Å². The van der Waals surface area contributed by atoms with Crippen molar-refractivity contribution in [1.82, 2.24) is 25.1 Å². The lowest BCUT2D eigenvalue weighted by molar-refractivity contribution is 0.257. The molecule has 1 aliphatic rings. The molecule has 2 aromatic rings. The second kappa shape index (κ2) is 5.85. The molecule has 0 bridgehead atoms. The first-order valence-electron chi connectivity index (χ1n) is 7.55. The molecular weight excluding hydrogens is 266 g/mol. The van der Waals surface area contributed by atoms with Crippen LogP contribution in [-0.2, 0) is 0 Å². The number of hydrogen-bond donors (Lipinski definition) is 2. The lowest BCUT2D eigenvalue weighted by atomic mass is 10.0. The molecule has 3 rings (SSSR count). The number of aromatic nitrogens is 4. The zero-order valence-electron chi connectivity index (χ0n) is 12.9. The van der Waals surface area contributed by atoms with Crippen molar-refractivity contribution in [3.63, 3.8) is 0 Å². The number of fused-ring (bicyclic) bond motifs is 1. The van der Waals surface area contributed by atoms with Crippen molar-refractivity contribution in [3.8, 4) is 0 Å². The summed E-state index contributed by atoms with van der Waals surface area (Å²) in [6.07, 6.45) is 4.24. The summed E-state index contributed by atoms with van der Waals surface area (Å²) in [7, 11) is 4.29. The van der Waals surface area contributed by atoms with Crippen molar-refractivity contribution >= 4 is 22.8 Å². The predicted molar refractivity (Wildman–Crippen MR) is 84.8 cm³/mol. The van der Waals surface area contributed by atoms with Crippen LogP contribution >= 0.6 is 0 Å². The lowest BCUT2D eigenvalue weighted by Gasteiger charge is -2.37. The van der Waals surface area contributed by atoms with Crippen molar-refractivity contribution in [1.29, 1.82) is 0 Å². The topological polar surface area (TPSA) is 73.0 Å². The average molecular weight is 289 g/mol. The number of rotatable bonds is 4. The summed E-state index contributed by atoms with van der Waals surface area (Å²) in [5.74, 6) is 1.65. The summed E-state index contributed by atoms with van der Waals surface area (Å²) in [5.41, 5.74) is 0.794. The molecule has 7 nitrogen and oxygen atoms in total. The van der Waals surface area contributed by atoms with Gasteiger partial charge < -0.3 is 15.1 Å². The van der Waals surface area contributed by atoms with Crippen LogP contribution in [0.2, 0.25) is 0 Å². The summed E-state index contributed by atoms with van der Waals surface area (Å²) in [6.45, 7) is 4.88. The minimum Gasteiger partial charge on any atom is -0.354 e. The Morgan fingerprint density at radius 3 is 3.05 bits per heavy atom. The van der Waals surface area contributed by atoms with Crippen molar-refractivity contribution in [3.05, 3.63) is 6.20 Å². The number of hydrogen-bond acceptors (Lipinski definition) is 6. The predicted octanol–water partition coefficient (Wildman–Crippen LogP) is 1.32. The van der Waals surface area contributed by atoms with Gasteiger partial charge in [-0.2, -0.15) is 15.1 Å². The minimum absolute atomic E-state index is 0.568. The van der Waals surface area contributed by atoms with Crippen LogP contribution in [0, 0.1) is 0 Å². The van der Waals surface area contributed by atoms with Gasteiger partial charge in [0.1, 0.15) is 5.82 Å². The van der Waals surface area contributed by atoms with E-state index in [4.69, 9.17) is 4.98 Å². The molecule has 1 saturated heterocycles. The SMILES string of the molecule is CCNc1nc(N2CCCC(N(C)C)C2)c2cn[nH]c2n1. The Bertz CT molecular complexity index is 606. The van der Waals surface area contributed by atoms with Gasteiger partial charge in [-0.05, 0) is 33.9 Å². The standard InChI is InChI=1S/C14H23N7/c1-4-15-14-17-12-11(8-16-19-12)13(18-14)21-7-5-6-10(9-21)20(2)3/h8,10H,4-7,9H2,1-3H3,(H2,15,16,17,18,19).